The van der Waals surface area contributed by atoms with E-state index in [0.717, 1.165) is 31.7 Å². The Morgan fingerprint density at radius 1 is 1.36 bits per heavy atom. The van der Waals surface area contributed by atoms with E-state index in [1.165, 1.54) is 11.9 Å². The van der Waals surface area contributed by atoms with E-state index in [1.54, 1.807) is 12.3 Å². The van der Waals surface area contributed by atoms with Crippen molar-refractivity contribution in [2.75, 3.05) is 29.5 Å². The minimum Gasteiger partial charge on any atom is -0.380 e. The molecule has 2 heterocycles. The summed E-state index contributed by atoms with van der Waals surface area (Å²) in [6, 6.07) is 5.75. The van der Waals surface area contributed by atoms with E-state index in [4.69, 9.17) is 16.3 Å². The van der Waals surface area contributed by atoms with Gasteiger partial charge in [0.1, 0.15) is 0 Å². The first kappa shape index (κ1) is 16.8. The van der Waals surface area contributed by atoms with Gasteiger partial charge in [0.25, 0.3) is 5.91 Å². The molecule has 132 valence electrons. The lowest BCUT2D eigenvalue weighted by Gasteiger charge is -2.53. The molecule has 0 bridgehead atoms. The second kappa shape index (κ2) is 6.55. The Bertz CT molecular complexity index is 798. The van der Waals surface area contributed by atoms with Crippen molar-refractivity contribution in [2.45, 2.75) is 18.9 Å². The predicted octanol–water partition coefficient (Wildman–Crippen LogP) is 3.83. The van der Waals surface area contributed by atoms with Crippen molar-refractivity contribution in [3.05, 3.63) is 41.2 Å². The third kappa shape index (κ3) is 3.36. The summed E-state index contributed by atoms with van der Waals surface area (Å²) >= 11 is 7.57. The van der Waals surface area contributed by atoms with Crippen LogP contribution in [0.5, 0.6) is 0 Å². The molecule has 1 saturated heterocycles. The molecule has 1 aliphatic heterocycles. The molecule has 1 aliphatic carbocycles. The number of nitrogens with one attached hydrogen (secondary N) is 2. The fraction of sp³-hybridized carbons (Fsp3) is 0.412. The van der Waals surface area contributed by atoms with Crippen molar-refractivity contribution in [3.8, 4) is 0 Å². The summed E-state index contributed by atoms with van der Waals surface area (Å²) in [5, 5.41) is 7.80. The van der Waals surface area contributed by atoms with Crippen LogP contribution in [0.1, 0.15) is 29.2 Å². The highest BCUT2D eigenvalue weighted by atomic mass is 35.5. The lowest BCUT2D eigenvalue weighted by molar-refractivity contribution is -0.175. The van der Waals surface area contributed by atoms with Crippen molar-refractivity contribution in [1.82, 2.24) is 9.78 Å². The maximum atomic E-state index is 12.5. The number of halogens is 1. The number of benzene rings is 1. The molecular formula is C17H19ClN4O2S. The first-order chi connectivity index (χ1) is 12.1. The third-order valence-electron chi connectivity index (χ3n) is 4.77. The van der Waals surface area contributed by atoms with E-state index in [0.29, 0.717) is 27.7 Å². The summed E-state index contributed by atoms with van der Waals surface area (Å²) in [4.78, 5) is 12.5. The van der Waals surface area contributed by atoms with E-state index < -0.39 is 0 Å². The quantitative estimate of drug-likeness (QED) is 0.774. The Morgan fingerprint density at radius 2 is 2.12 bits per heavy atom. The first-order valence-electron chi connectivity index (χ1n) is 8.10. The van der Waals surface area contributed by atoms with Crippen molar-refractivity contribution in [2.24, 2.45) is 5.41 Å². The number of ether oxygens (including phenoxy) is 1. The summed E-state index contributed by atoms with van der Waals surface area (Å²) in [5.74, 6) is -0.190. The van der Waals surface area contributed by atoms with Gasteiger partial charge in [-0.2, -0.15) is 5.10 Å². The third-order valence-corrected chi connectivity index (χ3v) is 5.43. The van der Waals surface area contributed by atoms with Crippen LogP contribution < -0.4 is 10.0 Å². The minimum absolute atomic E-state index is 0.190. The van der Waals surface area contributed by atoms with Crippen LogP contribution in [0.2, 0.25) is 5.02 Å². The SMILES string of the molecule is CSNc1cc(Cl)cc(NC(=O)c2cnn(C3CC4(COC4)C3)c2)c1. The first-order valence-corrected chi connectivity index (χ1v) is 9.70. The van der Waals surface area contributed by atoms with Crippen LogP contribution in [0, 0.1) is 5.41 Å². The molecule has 1 amide bonds. The van der Waals surface area contributed by atoms with Gasteiger partial charge in [0.2, 0.25) is 0 Å². The lowest BCUT2D eigenvalue weighted by Crippen LogP contribution is -2.52. The van der Waals surface area contributed by atoms with Gasteiger partial charge in [0, 0.05) is 34.3 Å². The number of carbonyl (C=O) groups excluding carboxylic acids is 1. The average molecular weight is 379 g/mol. The van der Waals surface area contributed by atoms with Crippen molar-refractivity contribution < 1.29 is 9.53 Å². The lowest BCUT2D eigenvalue weighted by atomic mass is 9.64. The fourth-order valence-corrected chi connectivity index (χ4v) is 4.04. The van der Waals surface area contributed by atoms with Crippen LogP contribution in [-0.2, 0) is 4.74 Å². The van der Waals surface area contributed by atoms with Gasteiger partial charge in [-0.1, -0.05) is 23.5 Å². The zero-order valence-corrected chi connectivity index (χ0v) is 15.4. The Hall–Kier alpha value is -1.70. The molecule has 0 atom stereocenters. The highest BCUT2D eigenvalue weighted by Crippen LogP contribution is 2.52. The highest BCUT2D eigenvalue weighted by molar-refractivity contribution is 7.99. The molecule has 1 aromatic heterocycles. The van der Waals surface area contributed by atoms with E-state index in [1.807, 2.05) is 29.3 Å². The highest BCUT2D eigenvalue weighted by Gasteiger charge is 2.50. The fourth-order valence-electron chi connectivity index (χ4n) is 3.45. The number of carbonyl (C=O) groups is 1. The molecule has 0 unspecified atom stereocenters. The maximum absolute atomic E-state index is 12.5. The number of rotatable bonds is 5. The van der Waals surface area contributed by atoms with Gasteiger partial charge < -0.3 is 14.8 Å². The summed E-state index contributed by atoms with van der Waals surface area (Å²) in [6.45, 7) is 1.72. The van der Waals surface area contributed by atoms with Crippen molar-refractivity contribution in [3.63, 3.8) is 0 Å². The average Bonchev–Trinajstić information content (AvgIpc) is 2.93. The number of hydrogen-bond acceptors (Lipinski definition) is 5. The van der Waals surface area contributed by atoms with Crippen LogP contribution in [-0.4, -0.2) is 35.2 Å². The second-order valence-electron chi connectivity index (χ2n) is 6.75. The van der Waals surface area contributed by atoms with Crippen molar-refractivity contribution in [1.29, 1.82) is 0 Å². The molecule has 1 spiro atoms. The molecule has 0 radical (unpaired) electrons. The molecule has 1 saturated carbocycles. The van der Waals surface area contributed by atoms with Gasteiger partial charge in [-0.15, -0.1) is 0 Å². The molecule has 2 fully saturated rings. The van der Waals surface area contributed by atoms with E-state index in [9.17, 15) is 4.79 Å². The summed E-state index contributed by atoms with van der Waals surface area (Å²) in [5.41, 5.74) is 2.41. The van der Waals surface area contributed by atoms with Crippen LogP contribution in [0.15, 0.2) is 30.6 Å². The molecule has 25 heavy (non-hydrogen) atoms. The molecule has 4 rings (SSSR count). The van der Waals surface area contributed by atoms with Crippen LogP contribution in [0.3, 0.4) is 0 Å². The van der Waals surface area contributed by atoms with E-state index in [-0.39, 0.29) is 5.91 Å². The standard InChI is InChI=1S/C17H19ClN4O2S/c1-25-21-14-3-12(18)2-13(4-14)20-16(23)11-7-19-22(8-11)15-5-17(6-15)9-24-10-17/h2-4,7-8,15,21H,5-6,9-10H2,1H3,(H,20,23). The Morgan fingerprint density at radius 3 is 2.80 bits per heavy atom. The van der Waals surface area contributed by atoms with E-state index >= 15 is 0 Å². The van der Waals surface area contributed by atoms with Crippen LogP contribution in [0.4, 0.5) is 11.4 Å². The van der Waals surface area contributed by atoms with Crippen molar-refractivity contribution >= 4 is 40.8 Å². The molecule has 2 N–H and O–H groups in total. The zero-order chi connectivity index (χ0) is 17.4. The number of anilines is 2. The molecule has 6 nitrogen and oxygen atoms in total. The van der Waals surface area contributed by atoms with Crippen LogP contribution >= 0.6 is 23.5 Å². The summed E-state index contributed by atoms with van der Waals surface area (Å²) < 4.78 is 10.3. The normalized spacial score (nSPS) is 18.5. The minimum atomic E-state index is -0.190. The van der Waals surface area contributed by atoms with Gasteiger partial charge in [0.05, 0.1) is 31.0 Å². The summed E-state index contributed by atoms with van der Waals surface area (Å²) in [6.07, 6.45) is 7.51. The van der Waals surface area contributed by atoms with Gasteiger partial charge in [0.15, 0.2) is 0 Å². The monoisotopic (exact) mass is 378 g/mol. The van der Waals surface area contributed by atoms with Gasteiger partial charge in [-0.25, -0.2) is 0 Å². The number of aromatic nitrogens is 2. The topological polar surface area (TPSA) is 68.2 Å². The molecule has 2 aromatic rings. The van der Waals surface area contributed by atoms with Crippen LogP contribution in [0.25, 0.3) is 0 Å². The molecular weight excluding hydrogens is 360 g/mol. The second-order valence-corrected chi connectivity index (χ2v) is 7.80. The number of nitrogens with zero attached hydrogens (tertiary/aromatic N) is 2. The smallest absolute Gasteiger partial charge is 0.258 e. The number of hydrogen-bond donors (Lipinski definition) is 2. The Kier molecular flexibility index (Phi) is 4.39. The van der Waals surface area contributed by atoms with Gasteiger partial charge in [-0.3, -0.25) is 9.48 Å². The van der Waals surface area contributed by atoms with Gasteiger partial charge >= 0.3 is 0 Å². The van der Waals surface area contributed by atoms with E-state index in [2.05, 4.69) is 15.1 Å². The number of amides is 1. The molecule has 1 aromatic carbocycles. The summed E-state index contributed by atoms with van der Waals surface area (Å²) in [7, 11) is 0. The molecule has 2 aliphatic rings. The van der Waals surface area contributed by atoms with Gasteiger partial charge in [-0.05, 0) is 31.0 Å². The molecule has 8 heteroatoms. The zero-order valence-electron chi connectivity index (χ0n) is 13.8. The maximum Gasteiger partial charge on any atom is 0.258 e. The largest absolute Gasteiger partial charge is 0.380 e. The Balaban J connectivity index is 1.42. The predicted molar refractivity (Wildman–Crippen MR) is 100 cm³/mol. The Labute approximate surface area is 155 Å².